The number of nitrogens with zero attached hydrogens (tertiary/aromatic N) is 1. The van der Waals surface area contributed by atoms with Gasteiger partial charge in [0, 0.05) is 17.4 Å². The molecule has 1 atom stereocenters. The van der Waals surface area contributed by atoms with Crippen LogP contribution in [0.1, 0.15) is 31.9 Å². The summed E-state index contributed by atoms with van der Waals surface area (Å²) < 4.78 is 0. The largest absolute Gasteiger partial charge is 0.490 e. The van der Waals surface area contributed by atoms with E-state index in [0.29, 0.717) is 5.46 Å². The number of hydrogen-bond acceptors (Lipinski definition) is 3. The van der Waals surface area contributed by atoms with Crippen LogP contribution in [0.15, 0.2) is 18.3 Å². The van der Waals surface area contributed by atoms with Crippen molar-refractivity contribution in [2.45, 2.75) is 26.2 Å². The molecular weight excluding hydrogens is 165 g/mol. The summed E-state index contributed by atoms with van der Waals surface area (Å²) in [4.78, 5) is 4.15. The van der Waals surface area contributed by atoms with E-state index in [4.69, 9.17) is 10.0 Å². The van der Waals surface area contributed by atoms with E-state index in [1.165, 1.54) is 0 Å². The minimum Gasteiger partial charge on any atom is -0.423 e. The maximum atomic E-state index is 9.06. The van der Waals surface area contributed by atoms with Crippen molar-refractivity contribution in [1.82, 2.24) is 4.98 Å². The molecule has 0 bridgehead atoms. The van der Waals surface area contributed by atoms with Crippen LogP contribution in [0.25, 0.3) is 0 Å². The molecular formula is C9H14BNO2. The van der Waals surface area contributed by atoms with Crippen LogP contribution in [-0.2, 0) is 0 Å². The Morgan fingerprint density at radius 1 is 1.54 bits per heavy atom. The highest BCUT2D eigenvalue weighted by molar-refractivity contribution is 6.59. The van der Waals surface area contributed by atoms with Gasteiger partial charge in [-0.05, 0) is 18.4 Å². The average molecular weight is 179 g/mol. The second-order valence-electron chi connectivity index (χ2n) is 3.16. The minimum absolute atomic E-state index is 0.262. The van der Waals surface area contributed by atoms with Gasteiger partial charge in [0.15, 0.2) is 0 Å². The topological polar surface area (TPSA) is 53.4 Å². The van der Waals surface area contributed by atoms with E-state index in [-0.39, 0.29) is 5.92 Å². The third kappa shape index (κ3) is 2.29. The van der Waals surface area contributed by atoms with E-state index in [1.807, 2.05) is 13.8 Å². The fraction of sp³-hybridized carbons (Fsp3) is 0.444. The molecule has 0 aliphatic rings. The maximum Gasteiger partial charge on any atom is 0.490 e. The summed E-state index contributed by atoms with van der Waals surface area (Å²) in [6.07, 6.45) is 2.62. The first-order valence-electron chi connectivity index (χ1n) is 4.47. The summed E-state index contributed by atoms with van der Waals surface area (Å²) in [5, 5.41) is 18.1. The zero-order chi connectivity index (χ0) is 9.84. The van der Waals surface area contributed by atoms with Gasteiger partial charge >= 0.3 is 7.12 Å². The van der Waals surface area contributed by atoms with Gasteiger partial charge in [-0.25, -0.2) is 0 Å². The lowest BCUT2D eigenvalue weighted by molar-refractivity contribution is 0.424. The predicted molar refractivity (Wildman–Crippen MR) is 52.8 cm³/mol. The van der Waals surface area contributed by atoms with Crippen molar-refractivity contribution in [3.05, 3.63) is 24.0 Å². The molecule has 0 saturated heterocycles. The number of aromatic nitrogens is 1. The Morgan fingerprint density at radius 3 is 2.77 bits per heavy atom. The summed E-state index contributed by atoms with van der Waals surface area (Å²) in [5.41, 5.74) is 1.29. The standard InChI is InChI=1S/C9H14BNO2/c1-3-7(2)9-8(10(12)13)5-4-6-11-9/h4-7,12-13H,3H2,1-2H3. The molecule has 0 aliphatic carbocycles. The Balaban J connectivity index is 3.04. The van der Waals surface area contributed by atoms with Crippen LogP contribution in [0.3, 0.4) is 0 Å². The summed E-state index contributed by atoms with van der Waals surface area (Å²) in [6, 6.07) is 3.40. The van der Waals surface area contributed by atoms with E-state index in [0.717, 1.165) is 12.1 Å². The summed E-state index contributed by atoms with van der Waals surface area (Å²) in [7, 11) is -1.42. The summed E-state index contributed by atoms with van der Waals surface area (Å²) in [6.45, 7) is 4.07. The Hall–Kier alpha value is -0.865. The van der Waals surface area contributed by atoms with Gasteiger partial charge in [-0.2, -0.15) is 0 Å². The second kappa shape index (κ2) is 4.39. The highest BCUT2D eigenvalue weighted by Gasteiger charge is 2.19. The van der Waals surface area contributed by atoms with Gasteiger partial charge in [-0.15, -0.1) is 0 Å². The molecule has 0 aromatic carbocycles. The lowest BCUT2D eigenvalue weighted by Crippen LogP contribution is -2.34. The van der Waals surface area contributed by atoms with Crippen molar-refractivity contribution in [3.8, 4) is 0 Å². The maximum absolute atomic E-state index is 9.06. The molecule has 13 heavy (non-hydrogen) atoms. The molecule has 2 N–H and O–H groups in total. The highest BCUT2D eigenvalue weighted by atomic mass is 16.4. The van der Waals surface area contributed by atoms with Crippen LogP contribution >= 0.6 is 0 Å². The summed E-state index contributed by atoms with van der Waals surface area (Å²) in [5.74, 6) is 0.262. The van der Waals surface area contributed by atoms with Crippen molar-refractivity contribution >= 4 is 12.6 Å². The zero-order valence-corrected chi connectivity index (χ0v) is 7.94. The fourth-order valence-electron chi connectivity index (χ4n) is 1.25. The van der Waals surface area contributed by atoms with Crippen molar-refractivity contribution in [3.63, 3.8) is 0 Å². The van der Waals surface area contributed by atoms with E-state index in [2.05, 4.69) is 4.98 Å². The van der Waals surface area contributed by atoms with Crippen LogP contribution < -0.4 is 5.46 Å². The first-order valence-corrected chi connectivity index (χ1v) is 4.47. The normalized spacial score (nSPS) is 12.6. The van der Waals surface area contributed by atoms with Gasteiger partial charge in [0.05, 0.1) is 0 Å². The molecule has 4 heteroatoms. The molecule has 1 aromatic heterocycles. The molecule has 1 heterocycles. The van der Waals surface area contributed by atoms with Gasteiger partial charge in [0.2, 0.25) is 0 Å². The molecule has 0 aliphatic heterocycles. The quantitative estimate of drug-likeness (QED) is 0.655. The number of rotatable bonds is 3. The van der Waals surface area contributed by atoms with E-state index >= 15 is 0 Å². The minimum atomic E-state index is -1.42. The average Bonchev–Trinajstić information content (AvgIpc) is 2.16. The number of hydrogen-bond donors (Lipinski definition) is 2. The first-order chi connectivity index (χ1) is 6.16. The van der Waals surface area contributed by atoms with Crippen LogP contribution in [0.4, 0.5) is 0 Å². The predicted octanol–water partition coefficient (Wildman–Crippen LogP) is 0.275. The summed E-state index contributed by atoms with van der Waals surface area (Å²) >= 11 is 0. The van der Waals surface area contributed by atoms with Crippen LogP contribution in [0.5, 0.6) is 0 Å². The van der Waals surface area contributed by atoms with E-state index in [9.17, 15) is 0 Å². The molecule has 0 saturated carbocycles. The molecule has 3 nitrogen and oxygen atoms in total. The van der Waals surface area contributed by atoms with Crippen LogP contribution in [0, 0.1) is 0 Å². The lowest BCUT2D eigenvalue weighted by atomic mass is 9.76. The van der Waals surface area contributed by atoms with Gasteiger partial charge in [-0.1, -0.05) is 19.9 Å². The van der Waals surface area contributed by atoms with E-state index in [1.54, 1.807) is 18.3 Å². The van der Waals surface area contributed by atoms with Gasteiger partial charge in [-0.3, -0.25) is 4.98 Å². The lowest BCUT2D eigenvalue weighted by Gasteiger charge is -2.12. The monoisotopic (exact) mass is 179 g/mol. The molecule has 1 rings (SSSR count). The highest BCUT2D eigenvalue weighted by Crippen LogP contribution is 2.13. The fourth-order valence-corrected chi connectivity index (χ4v) is 1.25. The smallest absolute Gasteiger partial charge is 0.423 e. The molecule has 1 unspecified atom stereocenters. The van der Waals surface area contributed by atoms with Crippen LogP contribution in [0.2, 0.25) is 0 Å². The van der Waals surface area contributed by atoms with Crippen LogP contribution in [-0.4, -0.2) is 22.2 Å². The van der Waals surface area contributed by atoms with Crippen molar-refractivity contribution in [1.29, 1.82) is 0 Å². The van der Waals surface area contributed by atoms with Gasteiger partial charge in [0.1, 0.15) is 0 Å². The Labute approximate surface area is 78.6 Å². The number of pyridine rings is 1. The second-order valence-corrected chi connectivity index (χ2v) is 3.16. The van der Waals surface area contributed by atoms with Crippen molar-refractivity contribution in [2.24, 2.45) is 0 Å². The molecule has 0 amide bonds. The Bertz CT molecular complexity index is 278. The van der Waals surface area contributed by atoms with Gasteiger partial charge < -0.3 is 10.0 Å². The SMILES string of the molecule is CCC(C)c1ncccc1B(O)O. The molecule has 0 radical (unpaired) electrons. The Morgan fingerprint density at radius 2 is 2.23 bits per heavy atom. The first kappa shape index (κ1) is 10.2. The molecule has 1 aromatic rings. The van der Waals surface area contributed by atoms with Gasteiger partial charge in [0.25, 0.3) is 0 Å². The Kier molecular flexibility index (Phi) is 3.45. The molecule has 0 fully saturated rings. The zero-order valence-electron chi connectivity index (χ0n) is 7.94. The third-order valence-electron chi connectivity index (χ3n) is 2.23. The molecule has 70 valence electrons. The van der Waals surface area contributed by atoms with Crippen molar-refractivity contribution in [2.75, 3.05) is 0 Å². The van der Waals surface area contributed by atoms with E-state index < -0.39 is 7.12 Å². The third-order valence-corrected chi connectivity index (χ3v) is 2.23. The van der Waals surface area contributed by atoms with Crippen molar-refractivity contribution < 1.29 is 10.0 Å². The molecule has 0 spiro atoms.